The lowest BCUT2D eigenvalue weighted by molar-refractivity contribution is -0.118. The van der Waals surface area contributed by atoms with Gasteiger partial charge in [-0.25, -0.2) is 4.39 Å². The Kier molecular flexibility index (Phi) is 4.50. The molecule has 30 heavy (non-hydrogen) atoms. The molecule has 0 saturated heterocycles. The van der Waals surface area contributed by atoms with Crippen LogP contribution in [0.4, 0.5) is 15.8 Å². The summed E-state index contributed by atoms with van der Waals surface area (Å²) in [6.07, 6.45) is 2.31. The molecule has 0 spiro atoms. The van der Waals surface area contributed by atoms with Crippen LogP contribution in [0.3, 0.4) is 0 Å². The molecule has 5 rings (SSSR count). The number of hydrogen-bond donors (Lipinski definition) is 2. The normalized spacial score (nSPS) is 17.5. The summed E-state index contributed by atoms with van der Waals surface area (Å²) < 4.78 is 25.1. The second-order valence-electron chi connectivity index (χ2n) is 7.43. The van der Waals surface area contributed by atoms with Gasteiger partial charge in [0.1, 0.15) is 23.9 Å². The molecular weight excluding hydrogens is 389 g/mol. The van der Waals surface area contributed by atoms with Gasteiger partial charge in [-0.05, 0) is 36.2 Å². The first-order chi connectivity index (χ1) is 14.6. The van der Waals surface area contributed by atoms with Gasteiger partial charge in [0.2, 0.25) is 0 Å². The van der Waals surface area contributed by atoms with Crippen molar-refractivity contribution in [2.75, 3.05) is 23.4 Å². The molecule has 3 heterocycles. The van der Waals surface area contributed by atoms with Crippen LogP contribution in [0, 0.1) is 12.7 Å². The van der Waals surface area contributed by atoms with E-state index in [0.29, 0.717) is 36.8 Å². The van der Waals surface area contributed by atoms with Crippen LogP contribution in [-0.2, 0) is 17.8 Å². The number of benzene rings is 2. The van der Waals surface area contributed by atoms with Gasteiger partial charge in [0, 0.05) is 19.0 Å². The molecule has 0 radical (unpaired) electrons. The first kappa shape index (κ1) is 18.4. The Morgan fingerprint density at radius 2 is 2.13 bits per heavy atom. The SMILES string of the molecule is Cc1c(CN2c3ccc(F)cc3OC[C@H]2Cc2cn[nH]n2)ccc2c1NC(=O)CO2. The molecule has 154 valence electrons. The smallest absolute Gasteiger partial charge is 0.262 e. The lowest BCUT2D eigenvalue weighted by Gasteiger charge is -2.39. The van der Waals surface area contributed by atoms with Gasteiger partial charge in [0.05, 0.1) is 29.3 Å². The van der Waals surface area contributed by atoms with Crippen molar-refractivity contribution in [3.63, 3.8) is 0 Å². The van der Waals surface area contributed by atoms with E-state index in [-0.39, 0.29) is 24.4 Å². The topological polar surface area (TPSA) is 92.4 Å². The number of H-pyrrole nitrogens is 1. The summed E-state index contributed by atoms with van der Waals surface area (Å²) >= 11 is 0. The summed E-state index contributed by atoms with van der Waals surface area (Å²) in [5.74, 6) is 0.672. The van der Waals surface area contributed by atoms with Gasteiger partial charge in [0.25, 0.3) is 5.91 Å². The van der Waals surface area contributed by atoms with E-state index >= 15 is 0 Å². The number of halogens is 1. The zero-order chi connectivity index (χ0) is 20.7. The second-order valence-corrected chi connectivity index (χ2v) is 7.43. The predicted octanol–water partition coefficient (Wildman–Crippen LogP) is 2.59. The van der Waals surface area contributed by atoms with Gasteiger partial charge >= 0.3 is 0 Å². The standard InChI is InChI=1S/C21H20FN5O3/c1-12-13(2-5-18-21(12)24-20(28)11-30-18)9-27-16(7-15-8-23-26-25-15)10-29-19-6-14(22)3-4-17(19)27/h2-6,8,16H,7,9-11H2,1H3,(H,24,28)(H,23,25,26)/t16-/m1/s1. The zero-order valence-corrected chi connectivity index (χ0v) is 16.3. The molecule has 0 bridgehead atoms. The first-order valence-electron chi connectivity index (χ1n) is 9.67. The maximum atomic E-state index is 13.8. The van der Waals surface area contributed by atoms with Crippen LogP contribution in [0.25, 0.3) is 0 Å². The van der Waals surface area contributed by atoms with Crippen LogP contribution in [0.15, 0.2) is 36.5 Å². The first-order valence-corrected chi connectivity index (χ1v) is 9.67. The zero-order valence-electron chi connectivity index (χ0n) is 16.3. The number of aromatic nitrogens is 3. The molecule has 2 aliphatic rings. The van der Waals surface area contributed by atoms with Crippen LogP contribution in [-0.4, -0.2) is 40.6 Å². The molecular formula is C21H20FN5O3. The third-order valence-corrected chi connectivity index (χ3v) is 5.52. The summed E-state index contributed by atoms with van der Waals surface area (Å²) in [7, 11) is 0. The van der Waals surface area contributed by atoms with Gasteiger partial charge in [-0.3, -0.25) is 4.79 Å². The highest BCUT2D eigenvalue weighted by molar-refractivity contribution is 5.96. The van der Waals surface area contributed by atoms with Crippen LogP contribution < -0.4 is 19.7 Å². The number of anilines is 2. The lowest BCUT2D eigenvalue weighted by Crippen LogP contribution is -2.44. The van der Waals surface area contributed by atoms with E-state index < -0.39 is 0 Å². The van der Waals surface area contributed by atoms with Gasteiger partial charge in [-0.1, -0.05) is 6.07 Å². The Labute approximate surface area is 172 Å². The average molecular weight is 409 g/mol. The summed E-state index contributed by atoms with van der Waals surface area (Å²) in [5, 5.41) is 13.6. The molecule has 1 aromatic heterocycles. The number of hydrogen-bond acceptors (Lipinski definition) is 6. The molecule has 0 saturated carbocycles. The van der Waals surface area contributed by atoms with Crippen molar-refractivity contribution in [3.8, 4) is 11.5 Å². The third-order valence-electron chi connectivity index (χ3n) is 5.52. The number of rotatable bonds is 4. The van der Waals surface area contributed by atoms with Crippen LogP contribution in [0.5, 0.6) is 11.5 Å². The fraction of sp³-hybridized carbons (Fsp3) is 0.286. The monoisotopic (exact) mass is 409 g/mol. The van der Waals surface area contributed by atoms with E-state index in [2.05, 4.69) is 25.6 Å². The minimum atomic E-state index is -0.339. The Hall–Kier alpha value is -3.62. The van der Waals surface area contributed by atoms with E-state index in [1.807, 2.05) is 19.1 Å². The number of fused-ring (bicyclic) bond motifs is 2. The average Bonchev–Trinajstić information content (AvgIpc) is 3.25. The number of carbonyl (C=O) groups excluding carboxylic acids is 1. The van der Waals surface area contributed by atoms with Crippen LogP contribution in [0.1, 0.15) is 16.8 Å². The number of aromatic amines is 1. The summed E-state index contributed by atoms with van der Waals surface area (Å²) in [6, 6.07) is 8.42. The Balaban J connectivity index is 1.51. The van der Waals surface area contributed by atoms with Crippen molar-refractivity contribution in [3.05, 3.63) is 59.2 Å². The molecule has 9 heteroatoms. The predicted molar refractivity (Wildman–Crippen MR) is 107 cm³/mol. The molecule has 1 atom stereocenters. The minimum absolute atomic E-state index is 0.0191. The van der Waals surface area contributed by atoms with E-state index in [1.165, 1.54) is 12.1 Å². The van der Waals surface area contributed by atoms with E-state index in [4.69, 9.17) is 9.47 Å². The van der Waals surface area contributed by atoms with Gasteiger partial charge < -0.3 is 19.7 Å². The Morgan fingerprint density at radius 1 is 1.23 bits per heavy atom. The van der Waals surface area contributed by atoms with Crippen molar-refractivity contribution >= 4 is 17.3 Å². The summed E-state index contributed by atoms with van der Waals surface area (Å²) in [4.78, 5) is 14.0. The highest BCUT2D eigenvalue weighted by Crippen LogP contribution is 2.38. The fourth-order valence-corrected chi connectivity index (χ4v) is 3.94. The molecule has 0 aliphatic carbocycles. The van der Waals surface area contributed by atoms with E-state index in [1.54, 1.807) is 12.3 Å². The van der Waals surface area contributed by atoms with Crippen LogP contribution >= 0.6 is 0 Å². The van der Waals surface area contributed by atoms with Gasteiger partial charge in [-0.2, -0.15) is 15.4 Å². The van der Waals surface area contributed by atoms with E-state index in [0.717, 1.165) is 22.5 Å². The number of carbonyl (C=O) groups is 1. The summed E-state index contributed by atoms with van der Waals surface area (Å²) in [6.45, 7) is 2.93. The molecule has 0 fully saturated rings. The van der Waals surface area contributed by atoms with Crippen molar-refractivity contribution in [2.45, 2.75) is 25.9 Å². The van der Waals surface area contributed by atoms with Crippen molar-refractivity contribution in [2.24, 2.45) is 0 Å². The lowest BCUT2D eigenvalue weighted by atomic mass is 10.0. The van der Waals surface area contributed by atoms with Crippen molar-refractivity contribution in [1.82, 2.24) is 15.4 Å². The number of amides is 1. The highest BCUT2D eigenvalue weighted by atomic mass is 19.1. The molecule has 2 aromatic carbocycles. The van der Waals surface area contributed by atoms with E-state index in [9.17, 15) is 9.18 Å². The second kappa shape index (κ2) is 7.33. The molecule has 3 aromatic rings. The number of nitrogens with one attached hydrogen (secondary N) is 2. The minimum Gasteiger partial charge on any atom is -0.489 e. The Morgan fingerprint density at radius 3 is 2.97 bits per heavy atom. The maximum Gasteiger partial charge on any atom is 0.262 e. The van der Waals surface area contributed by atoms with Gasteiger partial charge in [-0.15, -0.1) is 0 Å². The molecule has 2 N–H and O–H groups in total. The largest absolute Gasteiger partial charge is 0.489 e. The Bertz CT molecular complexity index is 1100. The summed E-state index contributed by atoms with van der Waals surface area (Å²) in [5.41, 5.74) is 4.30. The quantitative estimate of drug-likeness (QED) is 0.688. The molecule has 1 amide bonds. The molecule has 2 aliphatic heterocycles. The molecule has 0 unspecified atom stereocenters. The van der Waals surface area contributed by atoms with Crippen molar-refractivity contribution < 1.29 is 18.7 Å². The fourth-order valence-electron chi connectivity index (χ4n) is 3.94. The maximum absolute atomic E-state index is 13.8. The van der Waals surface area contributed by atoms with Crippen LogP contribution in [0.2, 0.25) is 0 Å². The molecule has 8 nitrogen and oxygen atoms in total. The highest BCUT2D eigenvalue weighted by Gasteiger charge is 2.30. The van der Waals surface area contributed by atoms with Gasteiger partial charge in [0.15, 0.2) is 6.61 Å². The number of nitrogens with zero attached hydrogens (tertiary/aromatic N) is 3. The van der Waals surface area contributed by atoms with Crippen molar-refractivity contribution in [1.29, 1.82) is 0 Å². The third kappa shape index (κ3) is 3.32. The number of ether oxygens (including phenoxy) is 2.